The minimum Gasteiger partial charge on any atom is -0.384 e. The fourth-order valence-corrected chi connectivity index (χ4v) is 3.31. The van der Waals surface area contributed by atoms with E-state index in [1.54, 1.807) is 0 Å². The van der Waals surface area contributed by atoms with Crippen LogP contribution in [-0.4, -0.2) is 29.9 Å². The highest BCUT2D eigenvalue weighted by molar-refractivity contribution is 7.99. The van der Waals surface area contributed by atoms with Crippen LogP contribution in [0.15, 0.2) is 18.2 Å². The molecule has 110 valence electrons. The summed E-state index contributed by atoms with van der Waals surface area (Å²) in [5.74, 6) is 1.33. The molecule has 1 fully saturated rings. The van der Waals surface area contributed by atoms with E-state index in [1.807, 2.05) is 18.7 Å². The van der Waals surface area contributed by atoms with Crippen LogP contribution >= 0.6 is 11.8 Å². The Labute approximate surface area is 119 Å². The Balaban J connectivity index is 2.42. The SMILES string of the molecule is CC1CSCCN1c1ccc(C(F)(F)F)c(C(=N)N)c1. The van der Waals surface area contributed by atoms with Crippen molar-refractivity contribution >= 4 is 23.3 Å². The van der Waals surface area contributed by atoms with Gasteiger partial charge in [0.1, 0.15) is 5.84 Å². The van der Waals surface area contributed by atoms with E-state index in [0.717, 1.165) is 24.1 Å². The van der Waals surface area contributed by atoms with Crippen LogP contribution in [0, 0.1) is 5.41 Å². The topological polar surface area (TPSA) is 53.1 Å². The maximum absolute atomic E-state index is 12.9. The van der Waals surface area contributed by atoms with Crippen molar-refractivity contribution in [3.63, 3.8) is 0 Å². The van der Waals surface area contributed by atoms with Crippen LogP contribution in [0.3, 0.4) is 0 Å². The lowest BCUT2D eigenvalue weighted by molar-refractivity contribution is -0.137. The minimum absolute atomic E-state index is 0.250. The molecule has 1 aromatic rings. The highest BCUT2D eigenvalue weighted by Crippen LogP contribution is 2.34. The van der Waals surface area contributed by atoms with Crippen molar-refractivity contribution in [2.24, 2.45) is 5.73 Å². The fraction of sp³-hybridized carbons (Fsp3) is 0.462. The van der Waals surface area contributed by atoms with Crippen molar-refractivity contribution in [2.45, 2.75) is 19.1 Å². The largest absolute Gasteiger partial charge is 0.417 e. The van der Waals surface area contributed by atoms with E-state index in [2.05, 4.69) is 4.90 Å². The molecule has 0 saturated carbocycles. The molecule has 1 saturated heterocycles. The van der Waals surface area contributed by atoms with Crippen LogP contribution < -0.4 is 10.6 Å². The third-order valence-corrected chi connectivity index (χ3v) is 4.49. The maximum atomic E-state index is 12.9. The summed E-state index contributed by atoms with van der Waals surface area (Å²) in [6, 6.07) is 4.10. The number of nitrogens with one attached hydrogen (secondary N) is 1. The lowest BCUT2D eigenvalue weighted by Crippen LogP contribution is -2.40. The van der Waals surface area contributed by atoms with Gasteiger partial charge < -0.3 is 10.6 Å². The number of thioether (sulfide) groups is 1. The Hall–Kier alpha value is -1.37. The van der Waals surface area contributed by atoms with Gasteiger partial charge in [0, 0.05) is 35.3 Å². The minimum atomic E-state index is -4.50. The Morgan fingerprint density at radius 2 is 2.15 bits per heavy atom. The van der Waals surface area contributed by atoms with E-state index in [0.29, 0.717) is 5.69 Å². The van der Waals surface area contributed by atoms with Gasteiger partial charge in [-0.15, -0.1) is 0 Å². The third-order valence-electron chi connectivity index (χ3n) is 3.30. The predicted octanol–water partition coefficient (Wildman–Crippen LogP) is 2.93. The molecule has 1 atom stereocenters. The van der Waals surface area contributed by atoms with Gasteiger partial charge in [-0.25, -0.2) is 0 Å². The Morgan fingerprint density at radius 3 is 2.70 bits per heavy atom. The number of halogens is 3. The van der Waals surface area contributed by atoms with Crippen LogP contribution in [0.5, 0.6) is 0 Å². The summed E-state index contributed by atoms with van der Waals surface area (Å²) in [6.45, 7) is 2.83. The van der Waals surface area contributed by atoms with Gasteiger partial charge in [0.25, 0.3) is 0 Å². The van der Waals surface area contributed by atoms with Gasteiger partial charge in [-0.1, -0.05) is 0 Å². The molecule has 0 bridgehead atoms. The average Bonchev–Trinajstić information content (AvgIpc) is 2.37. The number of hydrogen-bond acceptors (Lipinski definition) is 3. The van der Waals surface area contributed by atoms with Crippen LogP contribution in [0.4, 0.5) is 18.9 Å². The molecular formula is C13H16F3N3S. The molecule has 1 unspecified atom stereocenters. The predicted molar refractivity (Wildman–Crippen MR) is 76.6 cm³/mol. The van der Waals surface area contributed by atoms with Gasteiger partial charge in [0.05, 0.1) is 5.56 Å². The summed E-state index contributed by atoms with van der Waals surface area (Å²) in [5.41, 5.74) is 4.89. The van der Waals surface area contributed by atoms with Crippen LogP contribution in [-0.2, 0) is 6.18 Å². The second-order valence-electron chi connectivity index (χ2n) is 4.76. The van der Waals surface area contributed by atoms with E-state index in [1.165, 1.54) is 12.1 Å². The van der Waals surface area contributed by atoms with Crippen LogP contribution in [0.1, 0.15) is 18.1 Å². The Bertz CT molecular complexity index is 516. The molecule has 0 amide bonds. The smallest absolute Gasteiger partial charge is 0.384 e. The first kappa shape index (κ1) is 15.0. The molecule has 1 aliphatic rings. The zero-order chi connectivity index (χ0) is 14.9. The second kappa shape index (κ2) is 5.55. The molecule has 0 aliphatic carbocycles. The molecule has 2 rings (SSSR count). The average molecular weight is 303 g/mol. The van der Waals surface area contributed by atoms with E-state index in [-0.39, 0.29) is 11.6 Å². The first-order valence-electron chi connectivity index (χ1n) is 6.20. The fourth-order valence-electron chi connectivity index (χ4n) is 2.29. The molecule has 0 aromatic heterocycles. The molecule has 20 heavy (non-hydrogen) atoms. The van der Waals surface area contributed by atoms with Gasteiger partial charge >= 0.3 is 6.18 Å². The molecule has 0 spiro atoms. The standard InChI is InChI=1S/C13H16F3N3S/c1-8-7-20-5-4-19(8)9-2-3-11(13(14,15)16)10(6-9)12(17)18/h2-3,6,8H,4-5,7H2,1H3,(H3,17,18). The molecule has 7 heteroatoms. The van der Waals surface area contributed by atoms with Gasteiger partial charge in [-0.05, 0) is 25.1 Å². The quantitative estimate of drug-likeness (QED) is 0.652. The van der Waals surface area contributed by atoms with Gasteiger partial charge in [0.2, 0.25) is 0 Å². The summed E-state index contributed by atoms with van der Waals surface area (Å²) in [6.07, 6.45) is -4.50. The highest BCUT2D eigenvalue weighted by atomic mass is 32.2. The molecule has 1 aromatic carbocycles. The third kappa shape index (κ3) is 3.03. The summed E-state index contributed by atoms with van der Waals surface area (Å²) in [7, 11) is 0. The zero-order valence-corrected chi connectivity index (χ0v) is 11.8. The number of rotatable bonds is 2. The normalized spacial score (nSPS) is 20.0. The van der Waals surface area contributed by atoms with E-state index >= 15 is 0 Å². The molecule has 3 N–H and O–H groups in total. The molecule has 0 radical (unpaired) electrons. The lowest BCUT2D eigenvalue weighted by Gasteiger charge is -2.35. The van der Waals surface area contributed by atoms with E-state index < -0.39 is 17.6 Å². The van der Waals surface area contributed by atoms with E-state index in [4.69, 9.17) is 11.1 Å². The number of anilines is 1. The number of benzene rings is 1. The second-order valence-corrected chi connectivity index (χ2v) is 5.91. The summed E-state index contributed by atoms with van der Waals surface area (Å²) in [4.78, 5) is 2.06. The summed E-state index contributed by atoms with van der Waals surface area (Å²) >= 11 is 1.83. The Morgan fingerprint density at radius 1 is 1.45 bits per heavy atom. The first-order chi connectivity index (χ1) is 9.30. The number of amidine groups is 1. The molecule has 1 aliphatic heterocycles. The molecule has 1 heterocycles. The van der Waals surface area contributed by atoms with Crippen molar-refractivity contribution < 1.29 is 13.2 Å². The van der Waals surface area contributed by atoms with E-state index in [9.17, 15) is 13.2 Å². The van der Waals surface area contributed by atoms with Crippen molar-refractivity contribution in [1.29, 1.82) is 5.41 Å². The summed E-state index contributed by atoms with van der Waals surface area (Å²) in [5, 5.41) is 7.37. The number of alkyl halides is 3. The lowest BCUT2D eigenvalue weighted by atomic mass is 10.0. The molecular weight excluding hydrogens is 287 g/mol. The van der Waals surface area contributed by atoms with Crippen molar-refractivity contribution in [1.82, 2.24) is 0 Å². The van der Waals surface area contributed by atoms with Crippen molar-refractivity contribution in [3.05, 3.63) is 29.3 Å². The zero-order valence-electron chi connectivity index (χ0n) is 11.0. The van der Waals surface area contributed by atoms with Crippen molar-refractivity contribution in [2.75, 3.05) is 23.0 Å². The number of nitrogen functional groups attached to an aromatic ring is 1. The maximum Gasteiger partial charge on any atom is 0.417 e. The van der Waals surface area contributed by atoms with Gasteiger partial charge in [-0.2, -0.15) is 24.9 Å². The van der Waals surface area contributed by atoms with Gasteiger partial charge in [0.15, 0.2) is 0 Å². The first-order valence-corrected chi connectivity index (χ1v) is 7.36. The molecule has 3 nitrogen and oxygen atoms in total. The number of nitrogens with two attached hydrogens (primary N) is 1. The van der Waals surface area contributed by atoms with Crippen LogP contribution in [0.2, 0.25) is 0 Å². The Kier molecular flexibility index (Phi) is 4.17. The highest BCUT2D eigenvalue weighted by Gasteiger charge is 2.34. The number of nitrogens with zero attached hydrogens (tertiary/aromatic N) is 1. The van der Waals surface area contributed by atoms with Crippen LogP contribution in [0.25, 0.3) is 0 Å². The van der Waals surface area contributed by atoms with Crippen molar-refractivity contribution in [3.8, 4) is 0 Å². The monoisotopic (exact) mass is 303 g/mol. The van der Waals surface area contributed by atoms with Gasteiger partial charge in [-0.3, -0.25) is 5.41 Å². The number of hydrogen-bond donors (Lipinski definition) is 2. The summed E-state index contributed by atoms with van der Waals surface area (Å²) < 4.78 is 38.7.